The fourth-order valence-electron chi connectivity index (χ4n) is 4.06. The number of benzene rings is 1. The second kappa shape index (κ2) is 8.19. The first-order valence-electron chi connectivity index (χ1n) is 9.52. The lowest BCUT2D eigenvalue weighted by Crippen LogP contribution is -2.24. The second-order valence-electron chi connectivity index (χ2n) is 7.48. The molecule has 0 unspecified atom stereocenters. The smallest absolute Gasteiger partial charge is 0.333 e. The summed E-state index contributed by atoms with van der Waals surface area (Å²) in [7, 11) is -4.02. The van der Waals surface area contributed by atoms with E-state index in [-0.39, 0.29) is 24.6 Å². The van der Waals surface area contributed by atoms with Crippen molar-refractivity contribution in [2.75, 3.05) is 17.2 Å². The topological polar surface area (TPSA) is 152 Å². The number of nitrogens with one attached hydrogen (secondary N) is 2. The molecule has 0 amide bonds. The summed E-state index contributed by atoms with van der Waals surface area (Å²) >= 11 is 0. The van der Waals surface area contributed by atoms with Crippen LogP contribution < -0.4 is 15.8 Å². The minimum absolute atomic E-state index is 0.110. The number of rotatable bonds is 7. The van der Waals surface area contributed by atoms with Gasteiger partial charge >= 0.3 is 10.3 Å². The van der Waals surface area contributed by atoms with E-state index in [4.69, 9.17) is 5.14 Å². The lowest BCUT2D eigenvalue weighted by Gasteiger charge is -2.16. The Hall–Kier alpha value is -2.34. The van der Waals surface area contributed by atoms with Crippen molar-refractivity contribution >= 4 is 22.2 Å². The molecule has 4 rings (SSSR count). The Morgan fingerprint density at radius 3 is 2.72 bits per heavy atom. The van der Waals surface area contributed by atoms with Gasteiger partial charge in [0.25, 0.3) is 0 Å². The molecular formula is C18H24N6O4S. The molecule has 0 aliphatic heterocycles. The molecule has 11 heteroatoms. The molecule has 4 atom stereocenters. The third-order valence-electron chi connectivity index (χ3n) is 5.45. The molecule has 156 valence electrons. The van der Waals surface area contributed by atoms with E-state index in [0.29, 0.717) is 24.7 Å². The predicted molar refractivity (Wildman–Crippen MR) is 106 cm³/mol. The molecule has 1 fully saturated rings. The van der Waals surface area contributed by atoms with Crippen molar-refractivity contribution in [1.29, 1.82) is 0 Å². The maximum Gasteiger partial charge on any atom is 0.333 e. The molecule has 0 spiro atoms. The number of aliphatic hydroxyl groups excluding tert-OH is 1. The minimum Gasteiger partial charge on any atom is -0.393 e. The Bertz CT molecular complexity index is 972. The van der Waals surface area contributed by atoms with Crippen LogP contribution >= 0.6 is 0 Å². The maximum absolute atomic E-state index is 10.9. The number of fused-ring (bicyclic) bond motifs is 1. The summed E-state index contributed by atoms with van der Waals surface area (Å²) in [5.74, 6) is 0.552. The van der Waals surface area contributed by atoms with Gasteiger partial charge in [0.1, 0.15) is 6.33 Å². The van der Waals surface area contributed by atoms with Crippen LogP contribution in [0.25, 0.3) is 0 Å². The van der Waals surface area contributed by atoms with Crippen molar-refractivity contribution in [3.8, 4) is 0 Å². The Kier molecular flexibility index (Phi) is 5.63. The third-order valence-corrected chi connectivity index (χ3v) is 5.91. The zero-order valence-corrected chi connectivity index (χ0v) is 16.5. The summed E-state index contributed by atoms with van der Waals surface area (Å²) in [6.07, 6.45) is 3.69. The van der Waals surface area contributed by atoms with E-state index < -0.39 is 16.4 Å². The van der Waals surface area contributed by atoms with Gasteiger partial charge in [0.05, 0.1) is 18.8 Å². The number of aliphatic hydroxyl groups is 1. The van der Waals surface area contributed by atoms with Gasteiger partial charge in [-0.15, -0.1) is 0 Å². The largest absolute Gasteiger partial charge is 0.393 e. The van der Waals surface area contributed by atoms with Crippen LogP contribution in [-0.4, -0.2) is 47.2 Å². The van der Waals surface area contributed by atoms with Gasteiger partial charge in [0, 0.05) is 12.0 Å². The highest BCUT2D eigenvalue weighted by molar-refractivity contribution is 7.84. The van der Waals surface area contributed by atoms with E-state index in [1.807, 2.05) is 12.1 Å². The Morgan fingerprint density at radius 2 is 1.93 bits per heavy atom. The lowest BCUT2D eigenvalue weighted by molar-refractivity contribution is 0.101. The van der Waals surface area contributed by atoms with Crippen molar-refractivity contribution in [2.45, 2.75) is 43.9 Å². The summed E-state index contributed by atoms with van der Waals surface area (Å²) in [4.78, 5) is 12.8. The van der Waals surface area contributed by atoms with Crippen molar-refractivity contribution in [3.05, 3.63) is 41.7 Å². The first kappa shape index (κ1) is 20.0. The van der Waals surface area contributed by atoms with E-state index in [0.717, 1.165) is 12.8 Å². The van der Waals surface area contributed by atoms with Crippen LogP contribution in [0.3, 0.4) is 0 Å². The molecule has 5 N–H and O–H groups in total. The molecule has 1 aromatic heterocycles. The molecule has 0 radical (unpaired) electrons. The van der Waals surface area contributed by atoms with Crippen molar-refractivity contribution in [1.82, 2.24) is 15.0 Å². The number of aromatic nitrogens is 3. The zero-order chi connectivity index (χ0) is 20.4. The fourth-order valence-corrected chi connectivity index (χ4v) is 4.43. The Balaban J connectivity index is 1.36. The van der Waals surface area contributed by atoms with E-state index in [9.17, 15) is 13.5 Å². The van der Waals surface area contributed by atoms with Crippen molar-refractivity contribution < 1.29 is 17.7 Å². The van der Waals surface area contributed by atoms with Crippen LogP contribution in [0.1, 0.15) is 36.4 Å². The molecule has 1 heterocycles. The van der Waals surface area contributed by atoms with Crippen molar-refractivity contribution in [3.63, 3.8) is 0 Å². The van der Waals surface area contributed by atoms with E-state index in [1.54, 1.807) is 0 Å². The van der Waals surface area contributed by atoms with Crippen molar-refractivity contribution in [2.24, 2.45) is 11.1 Å². The van der Waals surface area contributed by atoms with E-state index >= 15 is 0 Å². The highest BCUT2D eigenvalue weighted by atomic mass is 32.2. The Morgan fingerprint density at radius 1 is 1.17 bits per heavy atom. The number of nitrogens with two attached hydrogens (primary N) is 1. The van der Waals surface area contributed by atoms with Gasteiger partial charge in [-0.3, -0.25) is 4.18 Å². The van der Waals surface area contributed by atoms with Crippen LogP contribution in [0, 0.1) is 5.92 Å². The minimum atomic E-state index is -4.02. The van der Waals surface area contributed by atoms with E-state index in [2.05, 4.69) is 41.9 Å². The van der Waals surface area contributed by atoms with Gasteiger partial charge in [0.15, 0.2) is 0 Å². The summed E-state index contributed by atoms with van der Waals surface area (Å²) in [6, 6.07) is 8.38. The number of anilines is 2. The average molecular weight is 420 g/mol. The maximum atomic E-state index is 10.9. The molecule has 2 aliphatic rings. The van der Waals surface area contributed by atoms with Gasteiger partial charge in [-0.05, 0) is 36.8 Å². The standard InChI is InChI=1S/C18H24N6O4S/c19-29(26,27)28-9-12-7-13(8-16(12)25)22-17-20-10-21-18(24-17)23-15-6-5-11-3-1-2-4-14(11)15/h1-4,10,12-13,15-16,25H,5-9H2,(H2,19,26,27)(H2,20,21,22,23,24)/t12-,13+,15-,16-/m0/s1. The quantitative estimate of drug-likeness (QED) is 0.508. The van der Waals surface area contributed by atoms with Gasteiger partial charge in [-0.25, -0.2) is 15.1 Å². The number of hydrogen-bond acceptors (Lipinski definition) is 9. The first-order chi connectivity index (χ1) is 13.9. The molecule has 1 saturated carbocycles. The summed E-state index contributed by atoms with van der Waals surface area (Å²) in [5.41, 5.74) is 2.60. The molecule has 0 bridgehead atoms. The lowest BCUT2D eigenvalue weighted by atomic mass is 10.1. The molecule has 0 saturated heterocycles. The molecule has 10 nitrogen and oxygen atoms in total. The molecule has 2 aromatic rings. The summed E-state index contributed by atoms with van der Waals surface area (Å²) in [5, 5.41) is 21.5. The molecule has 1 aromatic carbocycles. The van der Waals surface area contributed by atoms with Crippen LogP contribution in [0.5, 0.6) is 0 Å². The molecular weight excluding hydrogens is 396 g/mol. The predicted octanol–water partition coefficient (Wildman–Crippen LogP) is 0.742. The van der Waals surface area contributed by atoms with Crippen LogP contribution in [0.2, 0.25) is 0 Å². The average Bonchev–Trinajstić information content (AvgIpc) is 3.23. The normalized spacial score (nSPS) is 26.3. The number of nitrogens with zero attached hydrogens (tertiary/aromatic N) is 3. The molecule has 2 aliphatic carbocycles. The zero-order valence-electron chi connectivity index (χ0n) is 15.7. The second-order valence-corrected chi connectivity index (χ2v) is 8.71. The van der Waals surface area contributed by atoms with Crippen LogP contribution in [0.15, 0.2) is 30.6 Å². The van der Waals surface area contributed by atoms with Crippen LogP contribution in [-0.2, 0) is 20.9 Å². The van der Waals surface area contributed by atoms with E-state index in [1.165, 1.54) is 17.5 Å². The number of hydrogen-bond donors (Lipinski definition) is 4. The van der Waals surface area contributed by atoms with Gasteiger partial charge in [0.2, 0.25) is 11.9 Å². The third kappa shape index (κ3) is 4.99. The van der Waals surface area contributed by atoms with Gasteiger partial charge < -0.3 is 15.7 Å². The highest BCUT2D eigenvalue weighted by Crippen LogP contribution is 2.33. The monoisotopic (exact) mass is 420 g/mol. The first-order valence-corrected chi connectivity index (χ1v) is 11.0. The summed E-state index contributed by atoms with van der Waals surface area (Å²) in [6.45, 7) is -0.150. The highest BCUT2D eigenvalue weighted by Gasteiger charge is 2.34. The van der Waals surface area contributed by atoms with Crippen LogP contribution in [0.4, 0.5) is 11.9 Å². The Labute approximate surface area is 169 Å². The van der Waals surface area contributed by atoms with Gasteiger partial charge in [-0.1, -0.05) is 24.3 Å². The summed E-state index contributed by atoms with van der Waals surface area (Å²) < 4.78 is 26.5. The fraction of sp³-hybridized carbons (Fsp3) is 0.500. The number of aryl methyl sites for hydroxylation is 1. The SMILES string of the molecule is NS(=O)(=O)OC[C@@H]1C[C@@H](Nc2ncnc(N[C@H]3CCc4ccccc43)n2)C[C@@H]1O. The van der Waals surface area contributed by atoms with Gasteiger partial charge in [-0.2, -0.15) is 13.4 Å². The molecule has 29 heavy (non-hydrogen) atoms.